The van der Waals surface area contributed by atoms with E-state index >= 15 is 0 Å². The van der Waals surface area contributed by atoms with Crippen LogP contribution in [0.1, 0.15) is 12.1 Å². The van der Waals surface area contributed by atoms with E-state index in [9.17, 15) is 4.79 Å². The van der Waals surface area contributed by atoms with Gasteiger partial charge in [0, 0.05) is 25.4 Å². The number of aromatic nitrogens is 2. The fourth-order valence-electron chi connectivity index (χ4n) is 1.55. The third-order valence-electron chi connectivity index (χ3n) is 2.23. The van der Waals surface area contributed by atoms with Crippen molar-refractivity contribution < 1.29 is 4.79 Å². The zero-order chi connectivity index (χ0) is 11.5. The molecule has 0 aromatic carbocycles. The van der Waals surface area contributed by atoms with Gasteiger partial charge >= 0.3 is 0 Å². The van der Waals surface area contributed by atoms with Crippen LogP contribution in [0.3, 0.4) is 0 Å². The second-order valence-corrected chi connectivity index (χ2v) is 3.65. The van der Waals surface area contributed by atoms with Crippen molar-refractivity contribution in [3.05, 3.63) is 30.2 Å². The zero-order valence-electron chi connectivity index (χ0n) is 9.10. The molecule has 1 amide bonds. The lowest BCUT2D eigenvalue weighted by Gasteiger charge is -2.04. The lowest BCUT2D eigenvalue weighted by molar-refractivity contribution is -0.116. The Morgan fingerprint density at radius 2 is 2.31 bits per heavy atom. The normalized spacial score (nSPS) is 10.6. The maximum atomic E-state index is 11.3. The summed E-state index contributed by atoms with van der Waals surface area (Å²) in [5.41, 5.74) is 7.87. The molecule has 3 N–H and O–H groups in total. The van der Waals surface area contributed by atoms with Gasteiger partial charge in [-0.15, -0.1) is 0 Å². The number of pyridine rings is 1. The van der Waals surface area contributed by atoms with Gasteiger partial charge in [-0.3, -0.25) is 4.79 Å². The lowest BCUT2D eigenvalue weighted by Crippen LogP contribution is -2.16. The van der Waals surface area contributed by atoms with Gasteiger partial charge in [0.25, 0.3) is 0 Å². The first kappa shape index (κ1) is 10.6. The van der Waals surface area contributed by atoms with Gasteiger partial charge in [-0.1, -0.05) is 0 Å². The Morgan fingerprint density at radius 1 is 1.50 bits per heavy atom. The number of anilines is 1. The van der Waals surface area contributed by atoms with Crippen LogP contribution in [0.5, 0.6) is 0 Å². The average molecular weight is 218 g/mol. The molecular weight excluding hydrogens is 204 g/mol. The van der Waals surface area contributed by atoms with Crippen molar-refractivity contribution in [2.75, 3.05) is 11.9 Å². The van der Waals surface area contributed by atoms with Gasteiger partial charge in [0.05, 0.1) is 11.4 Å². The Kier molecular flexibility index (Phi) is 2.87. The van der Waals surface area contributed by atoms with E-state index < -0.39 is 0 Å². The van der Waals surface area contributed by atoms with Crippen LogP contribution < -0.4 is 11.1 Å². The van der Waals surface area contributed by atoms with Gasteiger partial charge in [-0.05, 0) is 19.1 Å². The van der Waals surface area contributed by atoms with Crippen molar-refractivity contribution in [2.45, 2.75) is 13.3 Å². The van der Waals surface area contributed by atoms with Crippen LogP contribution in [-0.2, 0) is 4.79 Å². The molecule has 0 aliphatic heterocycles. The summed E-state index contributed by atoms with van der Waals surface area (Å²) >= 11 is 0. The molecular formula is C11H14N4O. The van der Waals surface area contributed by atoms with E-state index in [1.165, 1.54) is 0 Å². The Bertz CT molecular complexity index is 518. The molecule has 5 nitrogen and oxygen atoms in total. The second-order valence-electron chi connectivity index (χ2n) is 3.65. The molecule has 0 aliphatic carbocycles. The molecule has 0 saturated carbocycles. The van der Waals surface area contributed by atoms with E-state index in [1.807, 2.05) is 35.9 Å². The maximum absolute atomic E-state index is 11.3. The van der Waals surface area contributed by atoms with Crippen molar-refractivity contribution in [2.24, 2.45) is 5.73 Å². The third kappa shape index (κ3) is 2.20. The Balaban J connectivity index is 2.22. The third-order valence-corrected chi connectivity index (χ3v) is 2.23. The number of rotatable bonds is 3. The molecule has 0 aliphatic rings. The highest BCUT2D eigenvalue weighted by Crippen LogP contribution is 2.11. The van der Waals surface area contributed by atoms with Crippen LogP contribution in [0, 0.1) is 6.92 Å². The topological polar surface area (TPSA) is 72.4 Å². The van der Waals surface area contributed by atoms with Gasteiger partial charge in [0.15, 0.2) is 0 Å². The van der Waals surface area contributed by atoms with E-state index in [-0.39, 0.29) is 5.91 Å². The van der Waals surface area contributed by atoms with Crippen LogP contribution in [0.15, 0.2) is 24.5 Å². The minimum atomic E-state index is -0.0707. The molecule has 2 rings (SSSR count). The number of aryl methyl sites for hydroxylation is 1. The molecule has 0 saturated heterocycles. The summed E-state index contributed by atoms with van der Waals surface area (Å²) < 4.78 is 1.88. The van der Waals surface area contributed by atoms with Gasteiger partial charge in [0.1, 0.15) is 5.65 Å². The van der Waals surface area contributed by atoms with Crippen molar-refractivity contribution in [1.82, 2.24) is 9.38 Å². The molecule has 0 bridgehead atoms. The van der Waals surface area contributed by atoms with Crippen LogP contribution in [0.25, 0.3) is 5.65 Å². The van der Waals surface area contributed by atoms with Gasteiger partial charge < -0.3 is 15.5 Å². The lowest BCUT2D eigenvalue weighted by atomic mass is 10.3. The van der Waals surface area contributed by atoms with Crippen LogP contribution >= 0.6 is 0 Å². The number of fused-ring (bicyclic) bond motifs is 1. The van der Waals surface area contributed by atoms with Crippen molar-refractivity contribution in [3.63, 3.8) is 0 Å². The Labute approximate surface area is 93.3 Å². The average Bonchev–Trinajstić information content (AvgIpc) is 2.57. The number of nitrogens with two attached hydrogens (primary N) is 1. The fourth-order valence-corrected chi connectivity index (χ4v) is 1.55. The molecule has 0 fully saturated rings. The second kappa shape index (κ2) is 4.32. The summed E-state index contributed by atoms with van der Waals surface area (Å²) in [5.74, 6) is -0.0707. The SMILES string of the molecule is Cc1cn2cc(NC(=O)CCN)ccc2n1. The van der Waals surface area contributed by atoms with E-state index in [4.69, 9.17) is 5.73 Å². The molecule has 2 heterocycles. The van der Waals surface area contributed by atoms with E-state index in [2.05, 4.69) is 10.3 Å². The zero-order valence-corrected chi connectivity index (χ0v) is 9.10. The largest absolute Gasteiger partial charge is 0.330 e. The number of amides is 1. The summed E-state index contributed by atoms with van der Waals surface area (Å²) in [4.78, 5) is 15.6. The van der Waals surface area contributed by atoms with Gasteiger partial charge in [-0.2, -0.15) is 0 Å². The smallest absolute Gasteiger partial charge is 0.225 e. The molecule has 2 aromatic heterocycles. The minimum Gasteiger partial charge on any atom is -0.330 e. The summed E-state index contributed by atoms with van der Waals surface area (Å²) in [6.07, 6.45) is 4.08. The molecule has 0 radical (unpaired) electrons. The monoisotopic (exact) mass is 218 g/mol. The van der Waals surface area contributed by atoms with E-state index in [0.29, 0.717) is 13.0 Å². The number of imidazole rings is 1. The molecule has 84 valence electrons. The minimum absolute atomic E-state index is 0.0707. The highest BCUT2D eigenvalue weighted by atomic mass is 16.1. The maximum Gasteiger partial charge on any atom is 0.225 e. The first-order chi connectivity index (χ1) is 7.69. The van der Waals surface area contributed by atoms with Gasteiger partial charge in [0.2, 0.25) is 5.91 Å². The summed E-state index contributed by atoms with van der Waals surface area (Å²) in [7, 11) is 0. The number of carbonyl (C=O) groups excluding carboxylic acids is 1. The summed E-state index contributed by atoms with van der Waals surface area (Å²) in [5, 5.41) is 2.78. The Morgan fingerprint density at radius 3 is 3.06 bits per heavy atom. The van der Waals surface area contributed by atoms with Crippen molar-refractivity contribution in [3.8, 4) is 0 Å². The molecule has 2 aromatic rings. The molecule has 0 atom stereocenters. The first-order valence-corrected chi connectivity index (χ1v) is 5.14. The van der Waals surface area contributed by atoms with E-state index in [0.717, 1.165) is 17.0 Å². The highest BCUT2D eigenvalue weighted by molar-refractivity contribution is 5.90. The highest BCUT2D eigenvalue weighted by Gasteiger charge is 2.02. The van der Waals surface area contributed by atoms with Crippen molar-refractivity contribution in [1.29, 1.82) is 0 Å². The number of nitrogens with zero attached hydrogens (tertiary/aromatic N) is 2. The van der Waals surface area contributed by atoms with E-state index in [1.54, 1.807) is 0 Å². The summed E-state index contributed by atoms with van der Waals surface area (Å²) in [6.45, 7) is 2.29. The molecule has 0 unspecified atom stereocenters. The Hall–Kier alpha value is -1.88. The van der Waals surface area contributed by atoms with Crippen LogP contribution in [-0.4, -0.2) is 21.8 Å². The predicted octanol–water partition coefficient (Wildman–Crippen LogP) is 0.930. The molecule has 5 heteroatoms. The summed E-state index contributed by atoms with van der Waals surface area (Å²) in [6, 6.07) is 3.70. The predicted molar refractivity (Wildman–Crippen MR) is 62.2 cm³/mol. The van der Waals surface area contributed by atoms with Crippen LogP contribution in [0.4, 0.5) is 5.69 Å². The fraction of sp³-hybridized carbons (Fsp3) is 0.273. The first-order valence-electron chi connectivity index (χ1n) is 5.14. The molecule has 16 heavy (non-hydrogen) atoms. The molecule has 0 spiro atoms. The standard InChI is InChI=1S/C11H14N4O/c1-8-6-15-7-9(2-3-10(15)13-8)14-11(16)4-5-12/h2-3,6-7H,4-5,12H2,1H3,(H,14,16). The number of nitrogens with one attached hydrogen (secondary N) is 1. The van der Waals surface area contributed by atoms with Gasteiger partial charge in [-0.25, -0.2) is 4.98 Å². The van der Waals surface area contributed by atoms with Crippen molar-refractivity contribution >= 4 is 17.2 Å². The number of carbonyl (C=O) groups is 1. The number of hydrogen-bond donors (Lipinski definition) is 2. The quantitative estimate of drug-likeness (QED) is 0.805. The van der Waals surface area contributed by atoms with Crippen LogP contribution in [0.2, 0.25) is 0 Å². The number of hydrogen-bond acceptors (Lipinski definition) is 3.